The van der Waals surface area contributed by atoms with E-state index in [4.69, 9.17) is 9.47 Å². The second-order valence-electron chi connectivity index (χ2n) is 6.65. The maximum Gasteiger partial charge on any atom is 0.331 e. The summed E-state index contributed by atoms with van der Waals surface area (Å²) in [5.41, 5.74) is 2.52. The van der Waals surface area contributed by atoms with Crippen molar-refractivity contribution in [3.05, 3.63) is 65.5 Å². The summed E-state index contributed by atoms with van der Waals surface area (Å²) >= 11 is 0. The number of carbonyl (C=O) groups excluding carboxylic acids is 2. The first-order valence-electron chi connectivity index (χ1n) is 8.98. The van der Waals surface area contributed by atoms with Gasteiger partial charge in [0, 0.05) is 39.5 Å². The van der Waals surface area contributed by atoms with Gasteiger partial charge in [0.05, 0.1) is 7.11 Å². The van der Waals surface area contributed by atoms with E-state index in [1.807, 2.05) is 43.3 Å². The molecule has 0 saturated heterocycles. The van der Waals surface area contributed by atoms with Crippen LogP contribution in [-0.4, -0.2) is 51.6 Å². The van der Waals surface area contributed by atoms with Gasteiger partial charge in [0.15, 0.2) is 18.2 Å². The van der Waals surface area contributed by atoms with Crippen molar-refractivity contribution in [3.8, 4) is 5.75 Å². The van der Waals surface area contributed by atoms with Crippen molar-refractivity contribution in [2.24, 2.45) is 0 Å². The van der Waals surface area contributed by atoms with Crippen molar-refractivity contribution < 1.29 is 23.5 Å². The molecule has 6 nitrogen and oxygen atoms in total. The maximum absolute atomic E-state index is 13.6. The molecule has 2 rings (SSSR count). The summed E-state index contributed by atoms with van der Waals surface area (Å²) in [6.45, 7) is 0.0392. The van der Waals surface area contributed by atoms with Gasteiger partial charge in [-0.1, -0.05) is 18.2 Å². The zero-order chi connectivity index (χ0) is 21.4. The number of benzene rings is 2. The minimum Gasteiger partial charge on any atom is -0.494 e. The zero-order valence-electron chi connectivity index (χ0n) is 17.0. The molecule has 0 bridgehead atoms. The lowest BCUT2D eigenvalue weighted by molar-refractivity contribution is -0.147. The van der Waals surface area contributed by atoms with Crippen LogP contribution in [0.25, 0.3) is 6.08 Å². The predicted octanol–water partition coefficient (Wildman–Crippen LogP) is 3.12. The number of hydrogen-bond acceptors (Lipinski definition) is 5. The number of esters is 1. The summed E-state index contributed by atoms with van der Waals surface area (Å²) in [4.78, 5) is 27.5. The lowest BCUT2D eigenvalue weighted by atomic mass is 10.2. The van der Waals surface area contributed by atoms with Gasteiger partial charge in [-0.2, -0.15) is 0 Å². The standard InChI is InChI=1S/C22H25FN2O4/c1-24(2)18-9-5-17(6-10-18)14-25(3)21(26)15-29-22(27)12-8-16-7-11-20(28-4)19(23)13-16/h5-13H,14-15H2,1-4H3/b12-8+. The molecule has 0 aliphatic heterocycles. The molecule has 2 aromatic rings. The third-order valence-corrected chi connectivity index (χ3v) is 4.22. The van der Waals surface area contributed by atoms with E-state index in [0.29, 0.717) is 12.1 Å². The van der Waals surface area contributed by atoms with Gasteiger partial charge in [-0.05, 0) is 41.5 Å². The minimum atomic E-state index is -0.682. The molecule has 0 spiro atoms. The van der Waals surface area contributed by atoms with E-state index in [1.54, 1.807) is 13.1 Å². The van der Waals surface area contributed by atoms with Crippen molar-refractivity contribution in [2.45, 2.75) is 6.54 Å². The smallest absolute Gasteiger partial charge is 0.331 e. The number of likely N-dealkylation sites (N-methyl/N-ethyl adjacent to an activating group) is 1. The molecule has 0 N–H and O–H groups in total. The quantitative estimate of drug-likeness (QED) is 0.503. The summed E-state index contributed by atoms with van der Waals surface area (Å²) in [5, 5.41) is 0. The number of amides is 1. The van der Waals surface area contributed by atoms with Crippen molar-refractivity contribution in [3.63, 3.8) is 0 Å². The monoisotopic (exact) mass is 400 g/mol. The van der Waals surface area contributed by atoms with Gasteiger partial charge in [-0.15, -0.1) is 0 Å². The first kappa shape index (κ1) is 21.9. The van der Waals surface area contributed by atoms with Crippen LogP contribution in [-0.2, 0) is 20.9 Å². The van der Waals surface area contributed by atoms with Crippen LogP contribution in [0, 0.1) is 5.82 Å². The van der Waals surface area contributed by atoms with Crippen LogP contribution in [0.15, 0.2) is 48.5 Å². The molecule has 2 aromatic carbocycles. The third-order valence-electron chi connectivity index (χ3n) is 4.22. The molecule has 0 fully saturated rings. The van der Waals surface area contributed by atoms with Crippen molar-refractivity contribution in [1.82, 2.24) is 4.90 Å². The highest BCUT2D eigenvalue weighted by molar-refractivity contribution is 5.89. The van der Waals surface area contributed by atoms with E-state index in [9.17, 15) is 14.0 Å². The number of ether oxygens (including phenoxy) is 2. The highest BCUT2D eigenvalue weighted by atomic mass is 19.1. The van der Waals surface area contributed by atoms with Gasteiger partial charge in [0.2, 0.25) is 0 Å². The summed E-state index contributed by atoms with van der Waals surface area (Å²) in [6.07, 6.45) is 2.56. The molecule has 154 valence electrons. The Kier molecular flexibility index (Phi) is 7.77. The van der Waals surface area contributed by atoms with Gasteiger partial charge in [-0.3, -0.25) is 4.79 Å². The SMILES string of the molecule is COc1ccc(/C=C/C(=O)OCC(=O)N(C)Cc2ccc(N(C)C)cc2)cc1F. The molecule has 0 aliphatic rings. The van der Waals surface area contributed by atoms with Gasteiger partial charge >= 0.3 is 5.97 Å². The predicted molar refractivity (Wildman–Crippen MR) is 110 cm³/mol. The number of carbonyl (C=O) groups is 2. The minimum absolute atomic E-state index is 0.120. The molecule has 0 unspecified atom stereocenters. The first-order chi connectivity index (χ1) is 13.8. The fourth-order valence-electron chi connectivity index (χ4n) is 2.50. The Morgan fingerprint density at radius 3 is 2.34 bits per heavy atom. The second kappa shape index (κ2) is 10.3. The Balaban J connectivity index is 1.82. The van der Waals surface area contributed by atoms with E-state index in [1.165, 1.54) is 30.2 Å². The Bertz CT molecular complexity index is 879. The lowest BCUT2D eigenvalue weighted by Gasteiger charge is -2.18. The molecule has 0 atom stereocenters. The highest BCUT2D eigenvalue weighted by Gasteiger charge is 2.12. The third kappa shape index (κ3) is 6.64. The number of anilines is 1. The molecular formula is C22H25FN2O4. The maximum atomic E-state index is 13.6. The van der Waals surface area contributed by atoms with E-state index in [-0.39, 0.29) is 18.3 Å². The normalized spacial score (nSPS) is 10.7. The van der Waals surface area contributed by atoms with E-state index >= 15 is 0 Å². The zero-order valence-corrected chi connectivity index (χ0v) is 17.0. The summed E-state index contributed by atoms with van der Waals surface area (Å²) in [7, 11) is 6.93. The molecule has 0 aliphatic carbocycles. The lowest BCUT2D eigenvalue weighted by Crippen LogP contribution is -2.30. The Labute approximate surface area is 170 Å². The van der Waals surface area contributed by atoms with E-state index in [2.05, 4.69) is 0 Å². The number of methoxy groups -OCH3 is 1. The number of halogens is 1. The Hall–Kier alpha value is -3.35. The number of nitrogens with zero attached hydrogens (tertiary/aromatic N) is 2. The van der Waals surface area contributed by atoms with Crippen LogP contribution in [0.3, 0.4) is 0 Å². The van der Waals surface area contributed by atoms with Crippen LogP contribution < -0.4 is 9.64 Å². The highest BCUT2D eigenvalue weighted by Crippen LogP contribution is 2.18. The Morgan fingerprint density at radius 1 is 1.07 bits per heavy atom. The largest absolute Gasteiger partial charge is 0.494 e. The van der Waals surface area contributed by atoms with Crippen LogP contribution in [0.5, 0.6) is 5.75 Å². The first-order valence-corrected chi connectivity index (χ1v) is 8.98. The molecule has 0 aromatic heterocycles. The number of rotatable bonds is 8. The average molecular weight is 400 g/mol. The van der Waals surface area contributed by atoms with Crippen molar-refractivity contribution in [2.75, 3.05) is 39.8 Å². The topological polar surface area (TPSA) is 59.1 Å². The van der Waals surface area contributed by atoms with Crippen LogP contribution in [0.1, 0.15) is 11.1 Å². The van der Waals surface area contributed by atoms with Crippen LogP contribution in [0.2, 0.25) is 0 Å². The molecule has 0 heterocycles. The molecule has 1 amide bonds. The van der Waals surface area contributed by atoms with E-state index < -0.39 is 11.8 Å². The summed E-state index contributed by atoms with van der Waals surface area (Å²) < 4.78 is 23.4. The molecule has 0 radical (unpaired) electrons. The molecular weight excluding hydrogens is 375 g/mol. The fraction of sp³-hybridized carbons (Fsp3) is 0.273. The van der Waals surface area contributed by atoms with Crippen LogP contribution in [0.4, 0.5) is 10.1 Å². The summed E-state index contributed by atoms with van der Waals surface area (Å²) in [5.74, 6) is -1.41. The average Bonchev–Trinajstić information content (AvgIpc) is 2.70. The van der Waals surface area contributed by atoms with Crippen molar-refractivity contribution in [1.29, 1.82) is 0 Å². The molecule has 7 heteroatoms. The van der Waals surface area contributed by atoms with E-state index in [0.717, 1.165) is 17.3 Å². The van der Waals surface area contributed by atoms with Gasteiger partial charge in [-0.25, -0.2) is 9.18 Å². The number of hydrogen-bond donors (Lipinski definition) is 0. The second-order valence-corrected chi connectivity index (χ2v) is 6.65. The summed E-state index contributed by atoms with van der Waals surface area (Å²) in [6, 6.07) is 12.1. The van der Waals surface area contributed by atoms with Crippen LogP contribution >= 0.6 is 0 Å². The molecule has 0 saturated carbocycles. The van der Waals surface area contributed by atoms with Gasteiger partial charge in [0.25, 0.3) is 5.91 Å². The Morgan fingerprint density at radius 2 is 1.76 bits per heavy atom. The van der Waals surface area contributed by atoms with Gasteiger partial charge in [0.1, 0.15) is 0 Å². The fourth-order valence-corrected chi connectivity index (χ4v) is 2.50. The molecule has 29 heavy (non-hydrogen) atoms. The van der Waals surface area contributed by atoms with Gasteiger partial charge < -0.3 is 19.3 Å². The van der Waals surface area contributed by atoms with Crippen molar-refractivity contribution >= 4 is 23.6 Å².